The number of rotatable bonds is 6. The minimum absolute atomic E-state index is 0.0452. The SMILES string of the molecule is CC1=C(C(=O)OC2CCCCC2)C(c2ccc(O)cc2)n2nc(SCc3ccccc3)nc2N1. The molecule has 5 rings (SSSR count). The lowest BCUT2D eigenvalue weighted by Crippen LogP contribution is -2.32. The molecule has 7 nitrogen and oxygen atoms in total. The van der Waals surface area contributed by atoms with Gasteiger partial charge in [0.25, 0.3) is 0 Å². The maximum absolute atomic E-state index is 13.4. The van der Waals surface area contributed by atoms with Crippen molar-refractivity contribution in [2.75, 3.05) is 5.32 Å². The number of phenols is 1. The summed E-state index contributed by atoms with van der Waals surface area (Å²) < 4.78 is 7.71. The number of esters is 1. The van der Waals surface area contributed by atoms with Gasteiger partial charge in [-0.15, -0.1) is 5.10 Å². The molecular formula is C26H28N4O3S. The van der Waals surface area contributed by atoms with E-state index in [-0.39, 0.29) is 17.8 Å². The summed E-state index contributed by atoms with van der Waals surface area (Å²) >= 11 is 1.55. The minimum atomic E-state index is -0.494. The van der Waals surface area contributed by atoms with Gasteiger partial charge in [-0.25, -0.2) is 9.48 Å². The van der Waals surface area contributed by atoms with Crippen molar-refractivity contribution in [3.05, 3.63) is 77.0 Å². The number of carbonyl (C=O) groups is 1. The maximum Gasteiger partial charge on any atom is 0.338 e. The number of benzene rings is 2. The Balaban J connectivity index is 1.45. The van der Waals surface area contributed by atoms with Gasteiger partial charge in [0.15, 0.2) is 0 Å². The molecule has 8 heteroatoms. The zero-order valence-corrected chi connectivity index (χ0v) is 19.9. The number of fused-ring (bicyclic) bond motifs is 1. The fraction of sp³-hybridized carbons (Fsp3) is 0.346. The Morgan fingerprint density at radius 3 is 2.59 bits per heavy atom. The first kappa shape index (κ1) is 22.5. The van der Waals surface area contributed by atoms with E-state index < -0.39 is 6.04 Å². The second kappa shape index (κ2) is 9.93. The highest BCUT2D eigenvalue weighted by atomic mass is 32.2. The van der Waals surface area contributed by atoms with Crippen molar-refractivity contribution in [1.29, 1.82) is 0 Å². The van der Waals surface area contributed by atoms with Crippen molar-refractivity contribution < 1.29 is 14.6 Å². The molecule has 1 fully saturated rings. The Morgan fingerprint density at radius 1 is 1.12 bits per heavy atom. The second-order valence-electron chi connectivity index (χ2n) is 8.76. The number of nitrogens with zero attached hydrogens (tertiary/aromatic N) is 3. The van der Waals surface area contributed by atoms with Gasteiger partial charge in [0.2, 0.25) is 11.1 Å². The van der Waals surface area contributed by atoms with E-state index in [0.717, 1.165) is 37.0 Å². The van der Waals surface area contributed by atoms with Gasteiger partial charge in [-0.3, -0.25) is 0 Å². The zero-order chi connectivity index (χ0) is 23.5. The van der Waals surface area contributed by atoms with E-state index >= 15 is 0 Å². The van der Waals surface area contributed by atoms with Crippen LogP contribution in [0, 0.1) is 0 Å². The molecule has 0 amide bonds. The number of thioether (sulfide) groups is 1. The van der Waals surface area contributed by atoms with Crippen LogP contribution in [-0.4, -0.2) is 31.9 Å². The molecule has 176 valence electrons. The van der Waals surface area contributed by atoms with Gasteiger partial charge in [-0.2, -0.15) is 4.98 Å². The third-order valence-corrected chi connectivity index (χ3v) is 7.21. The summed E-state index contributed by atoms with van der Waals surface area (Å²) in [5.41, 5.74) is 3.25. The zero-order valence-electron chi connectivity index (χ0n) is 19.1. The van der Waals surface area contributed by atoms with Crippen LogP contribution in [0.25, 0.3) is 0 Å². The molecule has 2 N–H and O–H groups in total. The molecule has 1 unspecified atom stereocenters. The van der Waals surface area contributed by atoms with Crippen LogP contribution in [0.3, 0.4) is 0 Å². The van der Waals surface area contributed by atoms with Crippen LogP contribution in [-0.2, 0) is 15.3 Å². The van der Waals surface area contributed by atoms with E-state index in [9.17, 15) is 9.90 Å². The fourth-order valence-electron chi connectivity index (χ4n) is 4.54. The number of hydrogen-bond acceptors (Lipinski definition) is 7. The lowest BCUT2D eigenvalue weighted by atomic mass is 9.95. The van der Waals surface area contributed by atoms with Crippen molar-refractivity contribution in [2.45, 2.75) is 62.1 Å². The van der Waals surface area contributed by atoms with E-state index in [1.54, 1.807) is 28.6 Å². The molecule has 0 saturated heterocycles. The Bertz CT molecular complexity index is 1180. The molecule has 0 spiro atoms. The number of carbonyl (C=O) groups excluding carboxylic acids is 1. The molecule has 1 aliphatic carbocycles. The van der Waals surface area contributed by atoms with E-state index in [4.69, 9.17) is 9.84 Å². The summed E-state index contributed by atoms with van der Waals surface area (Å²) in [7, 11) is 0. The van der Waals surface area contributed by atoms with Crippen molar-refractivity contribution in [2.24, 2.45) is 0 Å². The fourth-order valence-corrected chi connectivity index (χ4v) is 5.33. The smallest absolute Gasteiger partial charge is 0.338 e. The van der Waals surface area contributed by atoms with Gasteiger partial charge in [-0.1, -0.05) is 60.6 Å². The van der Waals surface area contributed by atoms with Crippen molar-refractivity contribution >= 4 is 23.7 Å². The molecular weight excluding hydrogens is 448 g/mol. The third kappa shape index (κ3) is 4.82. The van der Waals surface area contributed by atoms with E-state index in [1.807, 2.05) is 37.3 Å². The van der Waals surface area contributed by atoms with E-state index in [1.165, 1.54) is 12.0 Å². The maximum atomic E-state index is 13.4. The number of hydrogen-bond donors (Lipinski definition) is 2. The molecule has 3 aromatic rings. The number of phenolic OH excluding ortho intramolecular Hbond substituents is 1. The van der Waals surface area contributed by atoms with Gasteiger partial charge in [0.1, 0.15) is 17.9 Å². The monoisotopic (exact) mass is 476 g/mol. The summed E-state index contributed by atoms with van der Waals surface area (Å²) in [4.78, 5) is 18.1. The predicted octanol–water partition coefficient (Wildman–Crippen LogP) is 5.44. The quantitative estimate of drug-likeness (QED) is 0.362. The molecule has 2 aromatic carbocycles. The predicted molar refractivity (Wildman–Crippen MR) is 132 cm³/mol. The summed E-state index contributed by atoms with van der Waals surface area (Å²) in [6.45, 7) is 1.87. The third-order valence-electron chi connectivity index (χ3n) is 6.30. The first-order valence-corrected chi connectivity index (χ1v) is 12.7. The van der Waals surface area contributed by atoms with Crippen LogP contribution < -0.4 is 5.32 Å². The Labute approximate surface area is 203 Å². The highest BCUT2D eigenvalue weighted by Gasteiger charge is 2.36. The molecule has 2 heterocycles. The van der Waals surface area contributed by atoms with E-state index in [0.29, 0.717) is 22.4 Å². The molecule has 34 heavy (non-hydrogen) atoms. The van der Waals surface area contributed by atoms with Gasteiger partial charge in [0, 0.05) is 11.4 Å². The normalized spacial score (nSPS) is 18.3. The number of aromatic nitrogens is 3. The van der Waals surface area contributed by atoms with Crippen LogP contribution in [0.1, 0.15) is 56.2 Å². The number of allylic oxidation sites excluding steroid dienone is 1. The average Bonchev–Trinajstić information content (AvgIpc) is 3.26. The summed E-state index contributed by atoms with van der Waals surface area (Å²) in [6, 6.07) is 16.6. The average molecular weight is 477 g/mol. The highest BCUT2D eigenvalue weighted by molar-refractivity contribution is 7.98. The van der Waals surface area contributed by atoms with Gasteiger partial charge in [-0.05, 0) is 55.9 Å². The van der Waals surface area contributed by atoms with Gasteiger partial charge in [0.05, 0.1) is 5.57 Å². The highest BCUT2D eigenvalue weighted by Crippen LogP contribution is 2.38. The summed E-state index contributed by atoms with van der Waals surface area (Å²) in [5, 5.41) is 18.5. The van der Waals surface area contributed by atoms with E-state index in [2.05, 4.69) is 22.4 Å². The Kier molecular flexibility index (Phi) is 6.58. The van der Waals surface area contributed by atoms with Crippen LogP contribution >= 0.6 is 11.8 Å². The number of aromatic hydroxyl groups is 1. The molecule has 2 aliphatic rings. The minimum Gasteiger partial charge on any atom is -0.508 e. The van der Waals surface area contributed by atoms with Crippen LogP contribution in [0.15, 0.2) is 71.0 Å². The molecule has 0 bridgehead atoms. The Morgan fingerprint density at radius 2 is 1.85 bits per heavy atom. The largest absolute Gasteiger partial charge is 0.508 e. The standard InChI is InChI=1S/C26H28N4O3S/c1-17-22(24(32)33-21-10-6-3-7-11-21)23(19-12-14-20(31)15-13-19)30-25(27-17)28-26(29-30)34-16-18-8-4-2-5-9-18/h2,4-5,8-9,12-15,21,23,31H,3,6-7,10-11,16H2,1H3,(H,27,28,29). The first-order chi connectivity index (χ1) is 16.6. The molecule has 0 radical (unpaired) electrons. The van der Waals surface area contributed by atoms with Crippen LogP contribution in [0.4, 0.5) is 5.95 Å². The number of ether oxygens (including phenoxy) is 1. The first-order valence-electron chi connectivity index (χ1n) is 11.7. The summed E-state index contributed by atoms with van der Waals surface area (Å²) in [5.74, 6) is 1.18. The molecule has 1 atom stereocenters. The van der Waals surface area contributed by atoms with Crippen molar-refractivity contribution in [3.8, 4) is 5.75 Å². The number of anilines is 1. The van der Waals surface area contributed by atoms with Gasteiger partial charge < -0.3 is 15.2 Å². The lowest BCUT2D eigenvalue weighted by Gasteiger charge is -2.30. The lowest BCUT2D eigenvalue weighted by molar-refractivity contribution is -0.146. The second-order valence-corrected chi connectivity index (χ2v) is 9.70. The van der Waals surface area contributed by atoms with Crippen LogP contribution in [0.5, 0.6) is 5.75 Å². The molecule has 1 aliphatic heterocycles. The number of nitrogens with one attached hydrogen (secondary N) is 1. The Hall–Kier alpha value is -3.26. The molecule has 1 aromatic heterocycles. The molecule has 1 saturated carbocycles. The van der Waals surface area contributed by atoms with Crippen molar-refractivity contribution in [3.63, 3.8) is 0 Å². The topological polar surface area (TPSA) is 89.3 Å². The van der Waals surface area contributed by atoms with Gasteiger partial charge >= 0.3 is 5.97 Å². The van der Waals surface area contributed by atoms with Crippen molar-refractivity contribution in [1.82, 2.24) is 14.8 Å². The summed E-state index contributed by atoms with van der Waals surface area (Å²) in [6.07, 6.45) is 5.14. The van der Waals surface area contributed by atoms with Crippen LogP contribution in [0.2, 0.25) is 0 Å².